The van der Waals surface area contributed by atoms with E-state index in [0.29, 0.717) is 16.3 Å². The van der Waals surface area contributed by atoms with Crippen molar-refractivity contribution in [1.82, 2.24) is 0 Å². The van der Waals surface area contributed by atoms with Crippen molar-refractivity contribution in [3.8, 4) is 6.07 Å². The van der Waals surface area contributed by atoms with Gasteiger partial charge in [0.2, 0.25) is 11.8 Å². The highest BCUT2D eigenvalue weighted by molar-refractivity contribution is 6.32. The Kier molecular flexibility index (Phi) is 4.29. The fourth-order valence-corrected chi connectivity index (χ4v) is 5.47. The lowest BCUT2D eigenvalue weighted by molar-refractivity contribution is -0.124. The molecule has 1 saturated heterocycles. The van der Waals surface area contributed by atoms with Crippen LogP contribution in [0.1, 0.15) is 29.9 Å². The molecule has 2 aromatic rings. The molecule has 2 amide bonds. The van der Waals surface area contributed by atoms with Gasteiger partial charge in [-0.1, -0.05) is 60.2 Å². The van der Waals surface area contributed by atoms with E-state index in [2.05, 4.69) is 18.2 Å². The van der Waals surface area contributed by atoms with E-state index in [0.717, 1.165) is 18.4 Å². The molecule has 3 aliphatic carbocycles. The molecular weight excluding hydrogens is 384 g/mol. The fourth-order valence-electron chi connectivity index (χ4n) is 5.19. The number of hydrogen-bond acceptors (Lipinski definition) is 3. The Bertz CT molecular complexity index is 1040. The number of fused-ring (bicyclic) bond motifs is 1. The predicted molar refractivity (Wildman–Crippen MR) is 110 cm³/mol. The number of hydrogen-bond donors (Lipinski definition) is 0. The Morgan fingerprint density at radius 1 is 0.966 bits per heavy atom. The molecule has 6 rings (SSSR count). The highest BCUT2D eigenvalue weighted by Gasteiger charge is 2.56. The quantitative estimate of drug-likeness (QED) is 0.552. The maximum absolute atomic E-state index is 13.1. The summed E-state index contributed by atoms with van der Waals surface area (Å²) in [6.45, 7) is 0. The van der Waals surface area contributed by atoms with Crippen LogP contribution < -0.4 is 4.90 Å². The highest BCUT2D eigenvalue weighted by Crippen LogP contribution is 2.50. The second-order valence-electron chi connectivity index (χ2n) is 8.03. The van der Waals surface area contributed by atoms with Crippen molar-refractivity contribution >= 4 is 29.1 Å². The molecule has 0 N–H and O–H groups in total. The molecule has 1 heterocycles. The lowest BCUT2D eigenvalue weighted by atomic mass is 9.63. The van der Waals surface area contributed by atoms with Crippen LogP contribution in [-0.4, -0.2) is 11.8 Å². The molecule has 2 bridgehead atoms. The van der Waals surface area contributed by atoms with E-state index in [9.17, 15) is 14.9 Å². The molecule has 1 saturated carbocycles. The van der Waals surface area contributed by atoms with Crippen molar-refractivity contribution in [2.24, 2.45) is 23.7 Å². The lowest BCUT2D eigenvalue weighted by Gasteiger charge is -2.38. The molecule has 2 fully saturated rings. The Morgan fingerprint density at radius 3 is 2.10 bits per heavy atom. The van der Waals surface area contributed by atoms with Gasteiger partial charge in [-0.05, 0) is 47.9 Å². The summed E-state index contributed by atoms with van der Waals surface area (Å²) in [6, 6.07) is 16.9. The van der Waals surface area contributed by atoms with Crippen molar-refractivity contribution in [3.63, 3.8) is 0 Å². The molecule has 0 radical (unpaired) electrons. The number of amides is 2. The molecule has 4 aliphatic rings. The monoisotopic (exact) mass is 402 g/mol. The minimum Gasteiger partial charge on any atom is -0.274 e. The zero-order valence-corrected chi connectivity index (χ0v) is 16.4. The van der Waals surface area contributed by atoms with Crippen LogP contribution in [0.2, 0.25) is 5.02 Å². The van der Waals surface area contributed by atoms with E-state index in [1.807, 2.05) is 30.3 Å². The highest BCUT2D eigenvalue weighted by atomic mass is 35.5. The van der Waals surface area contributed by atoms with E-state index in [1.165, 1.54) is 4.90 Å². The minimum atomic E-state index is -0.509. The number of rotatable bonds is 3. The summed E-state index contributed by atoms with van der Waals surface area (Å²) >= 11 is 6.54. The van der Waals surface area contributed by atoms with Crippen LogP contribution in [-0.2, 0) is 9.59 Å². The van der Waals surface area contributed by atoms with Crippen molar-refractivity contribution in [1.29, 1.82) is 5.26 Å². The number of carbonyl (C=O) groups excluding carboxylic acids is 2. The molecule has 0 aromatic heterocycles. The third-order valence-corrected chi connectivity index (χ3v) is 6.90. The standard InChI is InChI=1S/C24H19ClN2O2/c25-20-12-17(10-11-18(20)19(13-26)14-4-2-1-3-5-14)27-23(28)21-15-6-7-16(9-8-15)22(21)24(27)29/h1-7,10-12,15-16,19,21-22H,8-9H2/t15-,16+,19?,21-,22+. The van der Waals surface area contributed by atoms with Gasteiger partial charge in [0.15, 0.2) is 0 Å². The third kappa shape index (κ3) is 2.73. The molecule has 0 spiro atoms. The van der Waals surface area contributed by atoms with Gasteiger partial charge in [-0.2, -0.15) is 5.26 Å². The fraction of sp³-hybridized carbons (Fsp3) is 0.292. The number of halogens is 1. The first-order valence-corrected chi connectivity index (χ1v) is 10.3. The predicted octanol–water partition coefficient (Wildman–Crippen LogP) is 4.70. The van der Waals surface area contributed by atoms with Gasteiger partial charge in [0.25, 0.3) is 0 Å². The minimum absolute atomic E-state index is 0.122. The van der Waals surface area contributed by atoms with Gasteiger partial charge in [0, 0.05) is 5.02 Å². The van der Waals surface area contributed by atoms with Crippen LogP contribution in [0.15, 0.2) is 60.7 Å². The Morgan fingerprint density at radius 2 is 1.59 bits per heavy atom. The molecular formula is C24H19ClN2O2. The average Bonchev–Trinajstić information content (AvgIpc) is 3.04. The number of allylic oxidation sites excluding steroid dienone is 2. The van der Waals surface area contributed by atoms with Crippen LogP contribution >= 0.6 is 11.6 Å². The van der Waals surface area contributed by atoms with Gasteiger partial charge in [-0.25, -0.2) is 4.90 Å². The number of anilines is 1. The first-order chi connectivity index (χ1) is 14.1. The second kappa shape index (κ2) is 6.86. The van der Waals surface area contributed by atoms with Crippen molar-refractivity contribution in [3.05, 3.63) is 76.8 Å². The molecule has 1 aliphatic heterocycles. The van der Waals surface area contributed by atoms with E-state index in [4.69, 9.17) is 11.6 Å². The zero-order chi connectivity index (χ0) is 20.1. The van der Waals surface area contributed by atoms with E-state index < -0.39 is 5.92 Å². The molecule has 5 heteroatoms. The van der Waals surface area contributed by atoms with Gasteiger partial charge < -0.3 is 0 Å². The van der Waals surface area contributed by atoms with Gasteiger partial charge >= 0.3 is 0 Å². The first-order valence-electron chi connectivity index (χ1n) is 9.90. The normalized spacial score (nSPS) is 28.3. The second-order valence-corrected chi connectivity index (χ2v) is 8.44. The summed E-state index contributed by atoms with van der Waals surface area (Å²) in [5.74, 6) is -0.942. The van der Waals surface area contributed by atoms with Crippen molar-refractivity contribution in [2.45, 2.75) is 18.8 Å². The lowest BCUT2D eigenvalue weighted by Crippen LogP contribution is -2.38. The van der Waals surface area contributed by atoms with Crippen LogP contribution in [0, 0.1) is 35.0 Å². The number of benzene rings is 2. The van der Waals surface area contributed by atoms with Gasteiger partial charge in [0.05, 0.1) is 29.5 Å². The number of carbonyl (C=O) groups is 2. The topological polar surface area (TPSA) is 61.2 Å². The number of imide groups is 1. The molecule has 2 aromatic carbocycles. The zero-order valence-electron chi connectivity index (χ0n) is 15.7. The smallest absolute Gasteiger partial charge is 0.238 e. The summed E-state index contributed by atoms with van der Waals surface area (Å²) < 4.78 is 0. The Labute approximate surface area is 174 Å². The Balaban J connectivity index is 1.49. The summed E-state index contributed by atoms with van der Waals surface area (Å²) in [5, 5.41) is 10.1. The number of nitrogens with zero attached hydrogens (tertiary/aromatic N) is 2. The van der Waals surface area contributed by atoms with Crippen molar-refractivity contribution < 1.29 is 9.59 Å². The van der Waals surface area contributed by atoms with E-state index >= 15 is 0 Å². The van der Waals surface area contributed by atoms with Crippen LogP contribution in [0.3, 0.4) is 0 Å². The summed E-state index contributed by atoms with van der Waals surface area (Å²) in [4.78, 5) is 27.6. The molecule has 5 atom stereocenters. The van der Waals surface area contributed by atoms with Crippen LogP contribution in [0.5, 0.6) is 0 Å². The number of nitriles is 1. The average molecular weight is 403 g/mol. The summed E-state index contributed by atoms with van der Waals surface area (Å²) in [5.41, 5.74) is 2.02. The van der Waals surface area contributed by atoms with Crippen LogP contribution in [0.4, 0.5) is 5.69 Å². The molecule has 29 heavy (non-hydrogen) atoms. The molecule has 4 nitrogen and oxygen atoms in total. The van der Waals surface area contributed by atoms with E-state index in [-0.39, 0.29) is 35.5 Å². The Hall–Kier alpha value is -2.90. The maximum atomic E-state index is 13.1. The SMILES string of the molecule is N#CC(c1ccccc1)c1ccc(N2C(=O)[C@@H]3[C@H](C2=O)[C@@H]2C=C[C@H]3CC2)cc1Cl. The first kappa shape index (κ1) is 18.1. The van der Waals surface area contributed by atoms with E-state index in [1.54, 1.807) is 18.2 Å². The summed E-state index contributed by atoms with van der Waals surface area (Å²) in [7, 11) is 0. The molecule has 1 unspecified atom stereocenters. The maximum Gasteiger partial charge on any atom is 0.238 e. The van der Waals surface area contributed by atoms with Crippen molar-refractivity contribution in [2.75, 3.05) is 4.90 Å². The van der Waals surface area contributed by atoms with Gasteiger partial charge in [-0.15, -0.1) is 0 Å². The van der Waals surface area contributed by atoms with Gasteiger partial charge in [-0.3, -0.25) is 9.59 Å². The third-order valence-electron chi connectivity index (χ3n) is 6.57. The van der Waals surface area contributed by atoms with Crippen LogP contribution in [0.25, 0.3) is 0 Å². The van der Waals surface area contributed by atoms with Gasteiger partial charge in [0.1, 0.15) is 0 Å². The summed E-state index contributed by atoms with van der Waals surface area (Å²) in [6.07, 6.45) is 6.15. The largest absolute Gasteiger partial charge is 0.274 e. The molecule has 144 valence electrons.